The van der Waals surface area contributed by atoms with Gasteiger partial charge in [0.25, 0.3) is 5.91 Å². The highest BCUT2D eigenvalue weighted by Crippen LogP contribution is 2.26. The third kappa shape index (κ3) is 3.50. The first-order valence-electron chi connectivity index (χ1n) is 9.98. The van der Waals surface area contributed by atoms with Crippen LogP contribution in [0.25, 0.3) is 0 Å². The van der Waals surface area contributed by atoms with Gasteiger partial charge in [-0.2, -0.15) is 4.31 Å². The van der Waals surface area contributed by atoms with Crippen LogP contribution in [0.2, 0.25) is 0 Å². The number of rotatable bonds is 3. The number of piperazine rings is 1. The second kappa shape index (κ2) is 7.52. The van der Waals surface area contributed by atoms with Crippen LogP contribution >= 0.6 is 0 Å². The van der Waals surface area contributed by atoms with Crippen LogP contribution in [0, 0.1) is 0 Å². The molecule has 0 bridgehead atoms. The van der Waals surface area contributed by atoms with Gasteiger partial charge in [-0.3, -0.25) is 9.59 Å². The lowest BCUT2D eigenvalue weighted by molar-refractivity contribution is -0.133. The van der Waals surface area contributed by atoms with Gasteiger partial charge in [-0.25, -0.2) is 8.42 Å². The van der Waals surface area contributed by atoms with Crippen LogP contribution in [-0.2, 0) is 27.8 Å². The number of hydrogen-bond donors (Lipinski definition) is 1. The third-order valence-electron chi connectivity index (χ3n) is 5.93. The lowest BCUT2D eigenvalue weighted by Gasteiger charge is -2.41. The number of carbonyl (C=O) groups excluding carboxylic acids is 2. The van der Waals surface area contributed by atoms with Gasteiger partial charge in [-0.05, 0) is 55.7 Å². The fourth-order valence-corrected chi connectivity index (χ4v) is 5.42. The van der Waals surface area contributed by atoms with Crippen LogP contribution in [-0.4, -0.2) is 54.6 Å². The zero-order valence-corrected chi connectivity index (χ0v) is 17.9. The van der Waals surface area contributed by atoms with Gasteiger partial charge < -0.3 is 10.2 Å². The van der Waals surface area contributed by atoms with Crippen LogP contribution in [0.15, 0.2) is 53.4 Å². The summed E-state index contributed by atoms with van der Waals surface area (Å²) in [6, 6.07) is 13.9. The molecule has 2 aliphatic rings. The summed E-state index contributed by atoms with van der Waals surface area (Å²) in [5, 5.41) is 2.76. The first kappa shape index (κ1) is 20.6. The second-order valence-corrected chi connectivity index (χ2v) is 10.1. The van der Waals surface area contributed by atoms with Crippen molar-refractivity contribution in [2.75, 3.05) is 19.6 Å². The number of amides is 2. The molecule has 0 aromatic heterocycles. The van der Waals surface area contributed by atoms with Gasteiger partial charge in [-0.1, -0.05) is 24.3 Å². The molecule has 2 aromatic rings. The molecule has 0 saturated carbocycles. The van der Waals surface area contributed by atoms with E-state index >= 15 is 0 Å². The van der Waals surface area contributed by atoms with E-state index in [0.29, 0.717) is 38.2 Å². The predicted molar refractivity (Wildman–Crippen MR) is 112 cm³/mol. The topological polar surface area (TPSA) is 86.8 Å². The molecule has 7 nitrogen and oxygen atoms in total. The average molecular weight is 428 g/mol. The van der Waals surface area contributed by atoms with E-state index in [-0.39, 0.29) is 16.7 Å². The number of carbonyl (C=O) groups is 2. The summed E-state index contributed by atoms with van der Waals surface area (Å²) < 4.78 is 27.7. The Kier molecular flexibility index (Phi) is 5.15. The first-order valence-corrected chi connectivity index (χ1v) is 11.4. The van der Waals surface area contributed by atoms with Crippen molar-refractivity contribution in [2.24, 2.45) is 0 Å². The Hall–Kier alpha value is -2.71. The predicted octanol–water partition coefficient (Wildman–Crippen LogP) is 1.78. The highest BCUT2D eigenvalue weighted by molar-refractivity contribution is 7.89. The summed E-state index contributed by atoms with van der Waals surface area (Å²) in [6.07, 6.45) is 0.679. The molecule has 0 radical (unpaired) electrons. The van der Waals surface area contributed by atoms with Crippen molar-refractivity contribution in [1.29, 1.82) is 0 Å². The molecular formula is C22H25N3O4S. The summed E-state index contributed by atoms with van der Waals surface area (Å²) in [5.74, 6) is -0.489. The number of nitrogens with zero attached hydrogens (tertiary/aromatic N) is 2. The molecule has 0 atom stereocenters. The van der Waals surface area contributed by atoms with Crippen molar-refractivity contribution < 1.29 is 18.0 Å². The molecule has 0 unspecified atom stereocenters. The quantitative estimate of drug-likeness (QED) is 0.809. The Morgan fingerprint density at radius 3 is 2.37 bits per heavy atom. The molecule has 8 heteroatoms. The molecule has 0 spiro atoms. The number of hydrogen-bond acceptors (Lipinski definition) is 4. The van der Waals surface area contributed by atoms with Crippen LogP contribution < -0.4 is 5.32 Å². The Labute approximate surface area is 176 Å². The van der Waals surface area contributed by atoms with Gasteiger partial charge in [0.2, 0.25) is 15.9 Å². The van der Waals surface area contributed by atoms with E-state index in [1.54, 1.807) is 13.8 Å². The monoisotopic (exact) mass is 427 g/mol. The maximum atomic E-state index is 13.1. The van der Waals surface area contributed by atoms with Crippen molar-refractivity contribution >= 4 is 21.8 Å². The fourth-order valence-electron chi connectivity index (χ4n) is 4.00. The van der Waals surface area contributed by atoms with Gasteiger partial charge in [0.1, 0.15) is 5.54 Å². The molecule has 1 fully saturated rings. The normalized spacial score (nSPS) is 19.1. The minimum atomic E-state index is -3.66. The highest BCUT2D eigenvalue weighted by Gasteiger charge is 2.40. The minimum absolute atomic E-state index is 0.161. The SMILES string of the molecule is CC1(C)C(=O)NCCN1C(=O)c1ccc(S(=O)(=O)N2CCc3ccccc3C2)cc1. The van der Waals surface area contributed by atoms with Gasteiger partial charge in [0, 0.05) is 31.7 Å². The van der Waals surface area contributed by atoms with Crippen molar-refractivity contribution in [1.82, 2.24) is 14.5 Å². The third-order valence-corrected chi connectivity index (χ3v) is 7.79. The Morgan fingerprint density at radius 1 is 1.00 bits per heavy atom. The van der Waals surface area contributed by atoms with E-state index in [4.69, 9.17) is 0 Å². The molecule has 158 valence electrons. The zero-order valence-electron chi connectivity index (χ0n) is 17.1. The summed E-state index contributed by atoms with van der Waals surface area (Å²) in [4.78, 5) is 26.8. The summed E-state index contributed by atoms with van der Waals surface area (Å²) >= 11 is 0. The standard InChI is InChI=1S/C22H25N3O4S/c1-22(2)21(27)23-12-14-25(22)20(26)17-7-9-19(10-8-17)30(28,29)24-13-11-16-5-3-4-6-18(16)15-24/h3-10H,11-15H2,1-2H3,(H,23,27). The smallest absolute Gasteiger partial charge is 0.254 e. The maximum absolute atomic E-state index is 13.1. The van der Waals surface area contributed by atoms with Gasteiger partial charge >= 0.3 is 0 Å². The van der Waals surface area contributed by atoms with E-state index in [9.17, 15) is 18.0 Å². The van der Waals surface area contributed by atoms with Crippen LogP contribution in [0.4, 0.5) is 0 Å². The van der Waals surface area contributed by atoms with E-state index in [1.807, 2.05) is 24.3 Å². The number of nitrogens with one attached hydrogen (secondary N) is 1. The number of benzene rings is 2. The van der Waals surface area contributed by atoms with Crippen LogP contribution in [0.5, 0.6) is 0 Å². The molecular weight excluding hydrogens is 402 g/mol. The van der Waals surface area contributed by atoms with Crippen molar-refractivity contribution in [3.8, 4) is 0 Å². The maximum Gasteiger partial charge on any atom is 0.254 e. The minimum Gasteiger partial charge on any atom is -0.352 e. The molecule has 0 aliphatic carbocycles. The highest BCUT2D eigenvalue weighted by atomic mass is 32.2. The van der Waals surface area contributed by atoms with Crippen molar-refractivity contribution in [3.63, 3.8) is 0 Å². The van der Waals surface area contributed by atoms with E-state index in [0.717, 1.165) is 5.56 Å². The van der Waals surface area contributed by atoms with Crippen LogP contribution in [0.1, 0.15) is 35.3 Å². The Bertz CT molecular complexity index is 1090. The molecule has 2 aliphatic heterocycles. The summed E-state index contributed by atoms with van der Waals surface area (Å²) in [6.45, 7) is 4.98. The largest absolute Gasteiger partial charge is 0.352 e. The molecule has 1 N–H and O–H groups in total. The summed E-state index contributed by atoms with van der Waals surface area (Å²) in [5.41, 5.74) is 1.60. The lowest BCUT2D eigenvalue weighted by atomic mass is 9.97. The molecule has 4 rings (SSSR count). The average Bonchev–Trinajstić information content (AvgIpc) is 2.75. The van der Waals surface area contributed by atoms with E-state index in [2.05, 4.69) is 5.32 Å². The first-order chi connectivity index (χ1) is 14.2. The Morgan fingerprint density at radius 2 is 1.67 bits per heavy atom. The molecule has 2 aromatic carbocycles. The number of fused-ring (bicyclic) bond motifs is 1. The molecule has 30 heavy (non-hydrogen) atoms. The second-order valence-electron chi connectivity index (χ2n) is 8.15. The summed E-state index contributed by atoms with van der Waals surface area (Å²) in [7, 11) is -3.66. The van der Waals surface area contributed by atoms with Gasteiger partial charge in [0.15, 0.2) is 0 Å². The lowest BCUT2D eigenvalue weighted by Crippen LogP contribution is -2.63. The van der Waals surface area contributed by atoms with E-state index in [1.165, 1.54) is 39.0 Å². The van der Waals surface area contributed by atoms with Gasteiger partial charge in [0.05, 0.1) is 4.90 Å². The molecule has 1 saturated heterocycles. The van der Waals surface area contributed by atoms with Crippen LogP contribution in [0.3, 0.4) is 0 Å². The molecule has 2 heterocycles. The fraction of sp³-hybridized carbons (Fsp3) is 0.364. The van der Waals surface area contributed by atoms with Gasteiger partial charge in [-0.15, -0.1) is 0 Å². The Balaban J connectivity index is 1.55. The zero-order chi connectivity index (χ0) is 21.5. The van der Waals surface area contributed by atoms with E-state index < -0.39 is 15.6 Å². The van der Waals surface area contributed by atoms with Crippen molar-refractivity contribution in [3.05, 3.63) is 65.2 Å². The van der Waals surface area contributed by atoms with Crippen molar-refractivity contribution in [2.45, 2.75) is 37.2 Å². The number of sulfonamides is 1. The molecule has 2 amide bonds.